The number of hydrogen-bond donors (Lipinski definition) is 0. The van der Waals surface area contributed by atoms with Crippen molar-refractivity contribution >= 4 is 0 Å². The lowest BCUT2D eigenvalue weighted by Crippen LogP contribution is -1.96. The third-order valence-electron chi connectivity index (χ3n) is 1.46. The van der Waals surface area contributed by atoms with Crippen LogP contribution in [0.15, 0.2) is 11.6 Å². The second kappa shape index (κ2) is 4.54. The van der Waals surface area contributed by atoms with Crippen LogP contribution in [0.4, 0.5) is 0 Å². The van der Waals surface area contributed by atoms with Gasteiger partial charge in [-0.3, -0.25) is 0 Å². The SMILES string of the molecule is CC(C)=CC(C)CC(C)C. The van der Waals surface area contributed by atoms with Gasteiger partial charge >= 0.3 is 0 Å². The number of rotatable bonds is 3. The minimum absolute atomic E-state index is 0.755. The lowest BCUT2D eigenvalue weighted by Gasteiger charge is -2.09. The highest BCUT2D eigenvalue weighted by molar-refractivity contribution is 4.96. The second-order valence-electron chi connectivity index (χ2n) is 3.85. The minimum Gasteiger partial charge on any atom is -0.0830 e. The van der Waals surface area contributed by atoms with E-state index in [1.165, 1.54) is 12.0 Å². The average Bonchev–Trinajstić information content (AvgIpc) is 1.58. The zero-order chi connectivity index (χ0) is 8.15. The molecule has 60 valence electrons. The van der Waals surface area contributed by atoms with Crippen LogP contribution in [0.1, 0.15) is 41.0 Å². The Morgan fingerprint density at radius 3 is 2.00 bits per heavy atom. The fourth-order valence-electron chi connectivity index (χ4n) is 1.38. The predicted molar refractivity (Wildman–Crippen MR) is 48.1 cm³/mol. The summed E-state index contributed by atoms with van der Waals surface area (Å²) in [4.78, 5) is 0. The summed E-state index contributed by atoms with van der Waals surface area (Å²) in [5.41, 5.74) is 1.44. The summed E-state index contributed by atoms with van der Waals surface area (Å²) in [5.74, 6) is 1.58. The molecule has 0 nitrogen and oxygen atoms in total. The second-order valence-corrected chi connectivity index (χ2v) is 3.85. The van der Waals surface area contributed by atoms with E-state index in [9.17, 15) is 0 Å². The summed E-state index contributed by atoms with van der Waals surface area (Å²) >= 11 is 0. The van der Waals surface area contributed by atoms with Crippen molar-refractivity contribution in [2.45, 2.75) is 41.0 Å². The Morgan fingerprint density at radius 2 is 1.70 bits per heavy atom. The molecule has 0 heterocycles. The summed E-state index contributed by atoms with van der Waals surface area (Å²) in [6, 6.07) is 0. The van der Waals surface area contributed by atoms with Crippen LogP contribution in [0.3, 0.4) is 0 Å². The summed E-state index contributed by atoms with van der Waals surface area (Å²) in [6.07, 6.45) is 3.66. The van der Waals surface area contributed by atoms with Crippen LogP contribution < -0.4 is 0 Å². The first-order valence-corrected chi connectivity index (χ1v) is 4.17. The van der Waals surface area contributed by atoms with Gasteiger partial charge in [-0.1, -0.05) is 32.4 Å². The van der Waals surface area contributed by atoms with Crippen LogP contribution in [0.5, 0.6) is 0 Å². The highest BCUT2D eigenvalue weighted by Gasteiger charge is 2.00. The first kappa shape index (κ1) is 9.74. The van der Waals surface area contributed by atoms with E-state index >= 15 is 0 Å². The van der Waals surface area contributed by atoms with Crippen LogP contribution in [-0.4, -0.2) is 0 Å². The van der Waals surface area contributed by atoms with Crippen molar-refractivity contribution in [2.75, 3.05) is 0 Å². The monoisotopic (exact) mass is 140 g/mol. The highest BCUT2D eigenvalue weighted by Crippen LogP contribution is 2.13. The Hall–Kier alpha value is -0.260. The molecule has 0 rings (SSSR count). The molecule has 0 fully saturated rings. The maximum Gasteiger partial charge on any atom is -0.0257 e. The molecular formula is C10H20. The molecular weight excluding hydrogens is 120 g/mol. The molecule has 0 aliphatic carbocycles. The molecule has 10 heavy (non-hydrogen) atoms. The van der Waals surface area contributed by atoms with Crippen molar-refractivity contribution in [3.8, 4) is 0 Å². The van der Waals surface area contributed by atoms with Gasteiger partial charge in [-0.25, -0.2) is 0 Å². The molecule has 0 aromatic carbocycles. The van der Waals surface area contributed by atoms with E-state index in [1.807, 2.05) is 0 Å². The van der Waals surface area contributed by atoms with Gasteiger partial charge in [0, 0.05) is 0 Å². The molecule has 0 aliphatic heterocycles. The Balaban J connectivity index is 3.64. The van der Waals surface area contributed by atoms with Gasteiger partial charge in [0.15, 0.2) is 0 Å². The van der Waals surface area contributed by atoms with Gasteiger partial charge in [-0.15, -0.1) is 0 Å². The molecule has 0 aliphatic rings. The number of hydrogen-bond acceptors (Lipinski definition) is 0. The standard InChI is InChI=1S/C10H20/c1-8(2)6-10(5)7-9(3)4/h6,9-10H,7H2,1-5H3. The van der Waals surface area contributed by atoms with E-state index in [1.54, 1.807) is 0 Å². The molecule has 0 heteroatoms. The largest absolute Gasteiger partial charge is 0.0830 e. The zero-order valence-electron chi connectivity index (χ0n) is 7.94. The van der Waals surface area contributed by atoms with E-state index in [-0.39, 0.29) is 0 Å². The predicted octanol–water partition coefficient (Wildman–Crippen LogP) is 3.63. The van der Waals surface area contributed by atoms with Gasteiger partial charge in [-0.05, 0) is 32.1 Å². The van der Waals surface area contributed by atoms with Crippen LogP contribution in [0.2, 0.25) is 0 Å². The zero-order valence-corrected chi connectivity index (χ0v) is 7.94. The average molecular weight is 140 g/mol. The van der Waals surface area contributed by atoms with Crippen LogP contribution in [-0.2, 0) is 0 Å². The third kappa shape index (κ3) is 5.87. The van der Waals surface area contributed by atoms with E-state index in [2.05, 4.69) is 40.7 Å². The topological polar surface area (TPSA) is 0 Å². The first-order valence-electron chi connectivity index (χ1n) is 4.17. The Kier molecular flexibility index (Phi) is 4.42. The normalized spacial score (nSPS) is 13.4. The summed E-state index contributed by atoms with van der Waals surface area (Å²) in [7, 11) is 0. The molecule has 0 radical (unpaired) electrons. The smallest absolute Gasteiger partial charge is 0.0257 e. The van der Waals surface area contributed by atoms with Crippen LogP contribution in [0, 0.1) is 11.8 Å². The Bertz CT molecular complexity index is 105. The molecule has 0 aromatic rings. The molecule has 0 amide bonds. The summed E-state index contributed by atoms with van der Waals surface area (Å²) in [5, 5.41) is 0. The van der Waals surface area contributed by atoms with Crippen molar-refractivity contribution in [3.63, 3.8) is 0 Å². The van der Waals surface area contributed by atoms with Crippen molar-refractivity contribution < 1.29 is 0 Å². The van der Waals surface area contributed by atoms with Crippen LogP contribution in [0.25, 0.3) is 0 Å². The molecule has 0 saturated carbocycles. The number of allylic oxidation sites excluding steroid dienone is 2. The summed E-state index contributed by atoms with van der Waals surface area (Å²) in [6.45, 7) is 11.2. The fraction of sp³-hybridized carbons (Fsp3) is 0.800. The van der Waals surface area contributed by atoms with E-state index < -0.39 is 0 Å². The molecule has 0 aromatic heterocycles. The lowest BCUT2D eigenvalue weighted by molar-refractivity contribution is 0.501. The van der Waals surface area contributed by atoms with Crippen molar-refractivity contribution in [3.05, 3.63) is 11.6 Å². The fourth-order valence-corrected chi connectivity index (χ4v) is 1.38. The van der Waals surface area contributed by atoms with Gasteiger partial charge in [0.25, 0.3) is 0 Å². The first-order chi connectivity index (χ1) is 4.52. The minimum atomic E-state index is 0.755. The van der Waals surface area contributed by atoms with E-state index in [0.29, 0.717) is 0 Å². The molecule has 0 saturated heterocycles. The molecule has 1 atom stereocenters. The van der Waals surface area contributed by atoms with Crippen molar-refractivity contribution in [1.29, 1.82) is 0 Å². The maximum absolute atomic E-state index is 2.35. The molecule has 1 unspecified atom stereocenters. The van der Waals surface area contributed by atoms with Crippen LogP contribution >= 0.6 is 0 Å². The van der Waals surface area contributed by atoms with Crippen molar-refractivity contribution in [1.82, 2.24) is 0 Å². The highest BCUT2D eigenvalue weighted by atomic mass is 14.1. The molecule has 0 bridgehead atoms. The maximum atomic E-state index is 2.35. The van der Waals surface area contributed by atoms with Gasteiger partial charge < -0.3 is 0 Å². The third-order valence-corrected chi connectivity index (χ3v) is 1.46. The van der Waals surface area contributed by atoms with E-state index in [4.69, 9.17) is 0 Å². The Morgan fingerprint density at radius 1 is 1.20 bits per heavy atom. The van der Waals surface area contributed by atoms with E-state index in [0.717, 1.165) is 11.8 Å². The van der Waals surface area contributed by atoms with Crippen molar-refractivity contribution in [2.24, 2.45) is 11.8 Å². The molecule has 0 spiro atoms. The Labute approximate surface area is 65.3 Å². The molecule has 0 N–H and O–H groups in total. The summed E-state index contributed by atoms with van der Waals surface area (Å²) < 4.78 is 0. The van der Waals surface area contributed by atoms with Gasteiger partial charge in [0.2, 0.25) is 0 Å². The van der Waals surface area contributed by atoms with Gasteiger partial charge in [0.05, 0.1) is 0 Å². The van der Waals surface area contributed by atoms with Gasteiger partial charge in [-0.2, -0.15) is 0 Å². The quantitative estimate of drug-likeness (QED) is 0.525. The lowest BCUT2D eigenvalue weighted by atomic mass is 9.97. The van der Waals surface area contributed by atoms with Gasteiger partial charge in [0.1, 0.15) is 0 Å².